The lowest BCUT2D eigenvalue weighted by molar-refractivity contribution is 0.847. The van der Waals surface area contributed by atoms with Crippen molar-refractivity contribution in [1.82, 2.24) is 14.8 Å². The summed E-state index contributed by atoms with van der Waals surface area (Å²) in [4.78, 5) is 4.61. The second-order valence-electron chi connectivity index (χ2n) is 4.96. The fourth-order valence-corrected chi connectivity index (χ4v) is 3.02. The second-order valence-corrected chi connectivity index (χ2v) is 5.82. The SMILES string of the molecule is CCNc1nc(-c2cnn(-c3ccc(C)cc3)c2C)cs1. The molecule has 0 atom stereocenters. The van der Waals surface area contributed by atoms with Gasteiger partial charge in [0.15, 0.2) is 5.13 Å². The highest BCUT2D eigenvalue weighted by molar-refractivity contribution is 7.14. The molecule has 0 bridgehead atoms. The van der Waals surface area contributed by atoms with Crippen molar-refractivity contribution >= 4 is 16.5 Å². The Hall–Kier alpha value is -2.14. The summed E-state index contributed by atoms with van der Waals surface area (Å²) >= 11 is 1.63. The van der Waals surface area contributed by atoms with Crippen LogP contribution in [0.25, 0.3) is 16.9 Å². The highest BCUT2D eigenvalue weighted by Gasteiger charge is 2.12. The minimum atomic E-state index is 0.883. The fourth-order valence-electron chi connectivity index (χ4n) is 2.24. The molecule has 2 aromatic heterocycles. The topological polar surface area (TPSA) is 42.7 Å². The summed E-state index contributed by atoms with van der Waals surface area (Å²) in [5, 5.41) is 10.8. The van der Waals surface area contributed by atoms with E-state index in [1.165, 1.54) is 5.56 Å². The van der Waals surface area contributed by atoms with Gasteiger partial charge >= 0.3 is 0 Å². The molecular weight excluding hydrogens is 280 g/mol. The van der Waals surface area contributed by atoms with Crippen molar-refractivity contribution in [2.45, 2.75) is 20.8 Å². The smallest absolute Gasteiger partial charge is 0.183 e. The maximum absolute atomic E-state index is 4.61. The zero-order chi connectivity index (χ0) is 14.8. The van der Waals surface area contributed by atoms with Gasteiger partial charge in [-0.15, -0.1) is 11.3 Å². The van der Waals surface area contributed by atoms with Gasteiger partial charge in [-0.25, -0.2) is 9.67 Å². The van der Waals surface area contributed by atoms with Crippen molar-refractivity contribution in [2.75, 3.05) is 11.9 Å². The quantitative estimate of drug-likeness (QED) is 0.790. The Bertz CT molecular complexity index is 740. The molecule has 0 radical (unpaired) electrons. The van der Waals surface area contributed by atoms with Crippen molar-refractivity contribution in [3.05, 3.63) is 47.1 Å². The predicted molar refractivity (Wildman–Crippen MR) is 88.3 cm³/mol. The van der Waals surface area contributed by atoms with Gasteiger partial charge in [-0.05, 0) is 32.9 Å². The number of nitrogens with zero attached hydrogens (tertiary/aromatic N) is 3. The fraction of sp³-hybridized carbons (Fsp3) is 0.250. The molecule has 0 saturated heterocycles. The van der Waals surface area contributed by atoms with Crippen LogP contribution in [0.4, 0.5) is 5.13 Å². The van der Waals surface area contributed by atoms with Crippen molar-refractivity contribution in [1.29, 1.82) is 0 Å². The number of benzene rings is 1. The summed E-state index contributed by atoms with van der Waals surface area (Å²) in [5.41, 5.74) is 5.49. The number of anilines is 1. The Balaban J connectivity index is 1.96. The van der Waals surface area contributed by atoms with Crippen LogP contribution in [0.3, 0.4) is 0 Å². The minimum absolute atomic E-state index is 0.883. The molecule has 21 heavy (non-hydrogen) atoms. The van der Waals surface area contributed by atoms with Crippen molar-refractivity contribution in [3.8, 4) is 16.9 Å². The molecule has 0 aliphatic carbocycles. The van der Waals surface area contributed by atoms with Gasteiger partial charge in [0.2, 0.25) is 0 Å². The lowest BCUT2D eigenvalue weighted by atomic mass is 10.2. The average molecular weight is 298 g/mol. The Kier molecular flexibility index (Phi) is 3.75. The van der Waals surface area contributed by atoms with Gasteiger partial charge in [-0.2, -0.15) is 5.10 Å². The van der Waals surface area contributed by atoms with Gasteiger partial charge < -0.3 is 5.32 Å². The molecule has 0 saturated carbocycles. The predicted octanol–water partition coefficient (Wildman–Crippen LogP) is 4.04. The monoisotopic (exact) mass is 298 g/mol. The number of aryl methyl sites for hydroxylation is 1. The Morgan fingerprint density at radius 2 is 1.95 bits per heavy atom. The molecule has 0 amide bonds. The van der Waals surface area contributed by atoms with Crippen LogP contribution in [-0.4, -0.2) is 21.3 Å². The first-order chi connectivity index (χ1) is 10.2. The zero-order valence-corrected chi connectivity index (χ0v) is 13.2. The molecule has 5 heteroatoms. The Morgan fingerprint density at radius 3 is 2.67 bits per heavy atom. The highest BCUT2D eigenvalue weighted by Crippen LogP contribution is 2.28. The summed E-state index contributed by atoms with van der Waals surface area (Å²) < 4.78 is 1.96. The third kappa shape index (κ3) is 2.69. The number of aromatic nitrogens is 3. The minimum Gasteiger partial charge on any atom is -0.362 e. The van der Waals surface area contributed by atoms with E-state index in [1.807, 2.05) is 10.9 Å². The van der Waals surface area contributed by atoms with Crippen LogP contribution < -0.4 is 5.32 Å². The molecule has 3 rings (SSSR count). The van der Waals surface area contributed by atoms with E-state index in [1.54, 1.807) is 11.3 Å². The Labute approximate surface area is 128 Å². The number of rotatable bonds is 4. The summed E-state index contributed by atoms with van der Waals surface area (Å²) in [6.45, 7) is 7.12. The molecule has 0 spiro atoms. The van der Waals surface area contributed by atoms with E-state index in [-0.39, 0.29) is 0 Å². The van der Waals surface area contributed by atoms with Crippen molar-refractivity contribution < 1.29 is 0 Å². The van der Waals surface area contributed by atoms with E-state index in [9.17, 15) is 0 Å². The van der Waals surface area contributed by atoms with Gasteiger partial charge in [0.25, 0.3) is 0 Å². The van der Waals surface area contributed by atoms with E-state index < -0.39 is 0 Å². The molecular formula is C16H18N4S. The van der Waals surface area contributed by atoms with Gasteiger partial charge in [0, 0.05) is 17.5 Å². The third-order valence-electron chi connectivity index (χ3n) is 3.40. The standard InChI is InChI=1S/C16H18N4S/c1-4-17-16-19-15(10-21-16)14-9-18-20(12(14)3)13-7-5-11(2)6-8-13/h5-10H,4H2,1-3H3,(H,17,19). The average Bonchev–Trinajstić information content (AvgIpc) is 3.07. The molecule has 4 nitrogen and oxygen atoms in total. The van der Waals surface area contributed by atoms with E-state index >= 15 is 0 Å². The van der Waals surface area contributed by atoms with Gasteiger partial charge in [-0.1, -0.05) is 17.7 Å². The van der Waals surface area contributed by atoms with Crippen molar-refractivity contribution in [2.24, 2.45) is 0 Å². The van der Waals surface area contributed by atoms with Crippen molar-refractivity contribution in [3.63, 3.8) is 0 Å². The number of hydrogen-bond donors (Lipinski definition) is 1. The van der Waals surface area contributed by atoms with E-state index in [0.717, 1.165) is 34.3 Å². The molecule has 0 fully saturated rings. The van der Waals surface area contributed by atoms with E-state index in [2.05, 4.69) is 65.8 Å². The molecule has 2 heterocycles. The highest BCUT2D eigenvalue weighted by atomic mass is 32.1. The van der Waals surface area contributed by atoms with Crippen LogP contribution in [-0.2, 0) is 0 Å². The van der Waals surface area contributed by atoms with Crippen LogP contribution in [0.1, 0.15) is 18.2 Å². The first-order valence-electron chi connectivity index (χ1n) is 7.00. The maximum atomic E-state index is 4.61. The van der Waals surface area contributed by atoms with Crippen LogP contribution >= 0.6 is 11.3 Å². The van der Waals surface area contributed by atoms with Gasteiger partial charge in [0.05, 0.1) is 23.3 Å². The molecule has 3 aromatic rings. The summed E-state index contributed by atoms with van der Waals surface area (Å²) in [6, 6.07) is 8.37. The van der Waals surface area contributed by atoms with Crippen LogP contribution in [0.15, 0.2) is 35.8 Å². The third-order valence-corrected chi connectivity index (χ3v) is 4.20. The molecule has 1 aromatic carbocycles. The summed E-state index contributed by atoms with van der Waals surface area (Å²) in [5.74, 6) is 0. The normalized spacial score (nSPS) is 10.8. The number of hydrogen-bond acceptors (Lipinski definition) is 4. The summed E-state index contributed by atoms with van der Waals surface area (Å²) in [7, 11) is 0. The molecule has 0 unspecified atom stereocenters. The zero-order valence-electron chi connectivity index (χ0n) is 12.4. The molecule has 0 aliphatic rings. The van der Waals surface area contributed by atoms with Crippen LogP contribution in [0, 0.1) is 13.8 Å². The number of nitrogens with one attached hydrogen (secondary N) is 1. The van der Waals surface area contributed by atoms with E-state index in [0.29, 0.717) is 0 Å². The van der Waals surface area contributed by atoms with Crippen LogP contribution in [0.2, 0.25) is 0 Å². The first-order valence-corrected chi connectivity index (χ1v) is 7.88. The Morgan fingerprint density at radius 1 is 1.19 bits per heavy atom. The largest absolute Gasteiger partial charge is 0.362 e. The van der Waals surface area contributed by atoms with Gasteiger partial charge in [-0.3, -0.25) is 0 Å². The van der Waals surface area contributed by atoms with Crippen LogP contribution in [0.5, 0.6) is 0 Å². The molecule has 108 valence electrons. The second kappa shape index (κ2) is 5.69. The van der Waals surface area contributed by atoms with E-state index in [4.69, 9.17) is 0 Å². The number of thiazole rings is 1. The van der Waals surface area contributed by atoms with Gasteiger partial charge in [0.1, 0.15) is 0 Å². The molecule has 1 N–H and O–H groups in total. The lowest BCUT2D eigenvalue weighted by Crippen LogP contribution is -1.99. The summed E-state index contributed by atoms with van der Waals surface area (Å²) in [6.07, 6.45) is 1.89. The molecule has 0 aliphatic heterocycles. The maximum Gasteiger partial charge on any atom is 0.183 e. The lowest BCUT2D eigenvalue weighted by Gasteiger charge is -2.05. The first kappa shape index (κ1) is 13.8.